The number of benzene rings is 2. The summed E-state index contributed by atoms with van der Waals surface area (Å²) in [4.78, 5) is 0. The molecule has 0 amide bonds. The zero-order chi connectivity index (χ0) is 16.4. The summed E-state index contributed by atoms with van der Waals surface area (Å²) in [7, 11) is 0. The molecule has 4 atom stereocenters. The van der Waals surface area contributed by atoms with Gasteiger partial charge in [-0.05, 0) is 17.5 Å². The molecule has 120 valence electrons. The van der Waals surface area contributed by atoms with Crippen molar-refractivity contribution in [3.05, 3.63) is 83.9 Å². The average Bonchev–Trinajstić information content (AvgIpc) is 3.24. The van der Waals surface area contributed by atoms with E-state index in [1.54, 1.807) is 0 Å². The fraction of sp³-hybridized carbons (Fsp3) is 0.364. The van der Waals surface area contributed by atoms with Gasteiger partial charge in [-0.2, -0.15) is 10.2 Å². The molecule has 1 aliphatic heterocycles. The van der Waals surface area contributed by atoms with Gasteiger partial charge < -0.3 is 0 Å². The summed E-state index contributed by atoms with van der Waals surface area (Å²) in [5.41, 5.74) is 2.05. The lowest BCUT2D eigenvalue weighted by Gasteiger charge is -2.41. The number of hydrogen-bond acceptors (Lipinski definition) is 2. The fourth-order valence-electron chi connectivity index (χ4n) is 5.86. The van der Waals surface area contributed by atoms with Crippen molar-refractivity contribution in [2.45, 2.75) is 31.3 Å². The zero-order valence-electron chi connectivity index (χ0n) is 14.2. The highest BCUT2D eigenvalue weighted by Crippen LogP contribution is 2.76. The maximum Gasteiger partial charge on any atom is 0.121 e. The van der Waals surface area contributed by atoms with Crippen LogP contribution < -0.4 is 0 Å². The van der Waals surface area contributed by atoms with E-state index in [0.29, 0.717) is 11.8 Å². The molecule has 0 aromatic heterocycles. The minimum atomic E-state index is -0.262. The van der Waals surface area contributed by atoms with Crippen LogP contribution in [-0.4, -0.2) is 0 Å². The molecular formula is C22H22N2. The SMILES string of the molecule is CC1(C)C2(c3ccccc3)N=NC1(c1ccccc1)C1CC=CC12. The van der Waals surface area contributed by atoms with Gasteiger partial charge in [0.25, 0.3) is 0 Å². The van der Waals surface area contributed by atoms with E-state index in [1.807, 2.05) is 0 Å². The highest BCUT2D eigenvalue weighted by molar-refractivity contribution is 5.47. The van der Waals surface area contributed by atoms with E-state index in [9.17, 15) is 0 Å². The Hall–Kier alpha value is -2.22. The van der Waals surface area contributed by atoms with Gasteiger partial charge in [0.05, 0.1) is 0 Å². The summed E-state index contributed by atoms with van der Waals surface area (Å²) < 4.78 is 0. The lowest BCUT2D eigenvalue weighted by molar-refractivity contribution is 0.150. The van der Waals surface area contributed by atoms with Gasteiger partial charge in [-0.25, -0.2) is 0 Å². The Balaban J connectivity index is 1.81. The second-order valence-electron chi connectivity index (χ2n) is 7.89. The maximum atomic E-state index is 5.03. The Morgan fingerprint density at radius 2 is 1.33 bits per heavy atom. The number of allylic oxidation sites excluding steroid dienone is 1. The lowest BCUT2D eigenvalue weighted by Crippen LogP contribution is -2.44. The monoisotopic (exact) mass is 314 g/mol. The molecule has 2 aromatic carbocycles. The van der Waals surface area contributed by atoms with Crippen molar-refractivity contribution in [3.8, 4) is 0 Å². The van der Waals surface area contributed by atoms with Crippen molar-refractivity contribution in [3.63, 3.8) is 0 Å². The van der Waals surface area contributed by atoms with Gasteiger partial charge in [-0.15, -0.1) is 0 Å². The minimum Gasteiger partial charge on any atom is -0.181 e. The van der Waals surface area contributed by atoms with Gasteiger partial charge in [0, 0.05) is 17.3 Å². The standard InChI is InChI=1S/C22H22N2/c1-20(2)21(16-10-5-3-6-11-16)18-14-9-15-19(18)22(20,24-23-21)17-12-7-4-8-13-17/h3-14,18-19H,15H2,1-2H3. The van der Waals surface area contributed by atoms with Crippen molar-refractivity contribution in [2.75, 3.05) is 0 Å². The molecule has 2 aromatic rings. The molecule has 2 aliphatic carbocycles. The van der Waals surface area contributed by atoms with Gasteiger partial charge in [-0.3, -0.25) is 0 Å². The van der Waals surface area contributed by atoms with Crippen LogP contribution in [0.4, 0.5) is 0 Å². The van der Waals surface area contributed by atoms with Crippen LogP contribution in [0.3, 0.4) is 0 Å². The van der Waals surface area contributed by atoms with E-state index in [4.69, 9.17) is 10.2 Å². The van der Waals surface area contributed by atoms with Crippen LogP contribution in [-0.2, 0) is 11.1 Å². The smallest absolute Gasteiger partial charge is 0.121 e. The first-order valence-corrected chi connectivity index (χ1v) is 8.86. The van der Waals surface area contributed by atoms with Crippen molar-refractivity contribution in [1.29, 1.82) is 0 Å². The third-order valence-corrected chi connectivity index (χ3v) is 6.88. The van der Waals surface area contributed by atoms with Gasteiger partial charge in [0.2, 0.25) is 0 Å². The molecule has 1 saturated carbocycles. The van der Waals surface area contributed by atoms with Crippen LogP contribution >= 0.6 is 0 Å². The van der Waals surface area contributed by atoms with Crippen LogP contribution in [0.5, 0.6) is 0 Å². The van der Waals surface area contributed by atoms with E-state index < -0.39 is 0 Å². The second-order valence-corrected chi connectivity index (χ2v) is 7.89. The predicted octanol–water partition coefficient (Wildman–Crippen LogP) is 5.48. The largest absolute Gasteiger partial charge is 0.181 e. The molecule has 1 heterocycles. The first kappa shape index (κ1) is 14.2. The van der Waals surface area contributed by atoms with Gasteiger partial charge in [0.15, 0.2) is 0 Å². The molecular weight excluding hydrogens is 292 g/mol. The third-order valence-electron chi connectivity index (χ3n) is 6.88. The summed E-state index contributed by atoms with van der Waals surface area (Å²) in [6.45, 7) is 4.75. The average molecular weight is 314 g/mol. The van der Waals surface area contributed by atoms with Crippen LogP contribution in [0.15, 0.2) is 83.0 Å². The van der Waals surface area contributed by atoms with E-state index in [2.05, 4.69) is 86.7 Å². The summed E-state index contributed by atoms with van der Waals surface area (Å²) in [5.74, 6) is 0.917. The lowest BCUT2D eigenvalue weighted by atomic mass is 9.61. The van der Waals surface area contributed by atoms with E-state index in [0.717, 1.165) is 6.42 Å². The van der Waals surface area contributed by atoms with Gasteiger partial charge in [-0.1, -0.05) is 86.7 Å². The van der Waals surface area contributed by atoms with Crippen molar-refractivity contribution >= 4 is 0 Å². The van der Waals surface area contributed by atoms with Crippen LogP contribution in [0, 0.1) is 17.3 Å². The highest BCUT2D eigenvalue weighted by Gasteiger charge is 2.77. The van der Waals surface area contributed by atoms with Crippen molar-refractivity contribution in [1.82, 2.24) is 0 Å². The zero-order valence-corrected chi connectivity index (χ0v) is 14.2. The quantitative estimate of drug-likeness (QED) is 0.656. The first-order chi connectivity index (χ1) is 11.6. The summed E-state index contributed by atoms with van der Waals surface area (Å²) in [6.07, 6.45) is 5.84. The summed E-state index contributed by atoms with van der Waals surface area (Å²) in [6, 6.07) is 21.6. The molecule has 2 heteroatoms. The van der Waals surface area contributed by atoms with E-state index in [-0.39, 0.29) is 16.5 Å². The molecule has 24 heavy (non-hydrogen) atoms. The number of rotatable bonds is 2. The molecule has 1 fully saturated rings. The van der Waals surface area contributed by atoms with Gasteiger partial charge >= 0.3 is 0 Å². The predicted molar refractivity (Wildman–Crippen MR) is 95.6 cm³/mol. The molecule has 3 aliphatic rings. The van der Waals surface area contributed by atoms with E-state index in [1.165, 1.54) is 11.1 Å². The van der Waals surface area contributed by atoms with Crippen LogP contribution in [0.25, 0.3) is 0 Å². The second kappa shape index (κ2) is 4.44. The molecule has 4 unspecified atom stereocenters. The molecule has 2 nitrogen and oxygen atoms in total. The summed E-state index contributed by atoms with van der Waals surface area (Å²) in [5, 5.41) is 10.1. The van der Waals surface area contributed by atoms with Crippen molar-refractivity contribution in [2.24, 2.45) is 27.5 Å². The molecule has 2 bridgehead atoms. The molecule has 0 spiro atoms. The fourth-order valence-corrected chi connectivity index (χ4v) is 5.86. The van der Waals surface area contributed by atoms with Crippen LogP contribution in [0.1, 0.15) is 31.4 Å². The number of hydrogen-bond donors (Lipinski definition) is 0. The maximum absolute atomic E-state index is 5.03. The summed E-state index contributed by atoms with van der Waals surface area (Å²) >= 11 is 0. The Bertz CT molecular complexity index is 837. The highest BCUT2D eigenvalue weighted by atomic mass is 15.3. The Morgan fingerprint density at radius 3 is 1.96 bits per heavy atom. The van der Waals surface area contributed by atoms with E-state index >= 15 is 0 Å². The van der Waals surface area contributed by atoms with Crippen LogP contribution in [0.2, 0.25) is 0 Å². The minimum absolute atomic E-state index is 0.0667. The Kier molecular flexibility index (Phi) is 2.62. The molecule has 5 rings (SSSR count). The molecule has 0 saturated heterocycles. The Labute approximate surface area is 143 Å². The number of fused-ring (bicyclic) bond motifs is 5. The van der Waals surface area contributed by atoms with Gasteiger partial charge in [0.1, 0.15) is 11.1 Å². The van der Waals surface area contributed by atoms with Crippen molar-refractivity contribution < 1.29 is 0 Å². The molecule has 0 radical (unpaired) electrons. The molecule has 0 N–H and O–H groups in total. The first-order valence-electron chi connectivity index (χ1n) is 8.86. The number of nitrogens with zero attached hydrogens (tertiary/aromatic N) is 2. The Morgan fingerprint density at radius 1 is 0.792 bits per heavy atom. The third kappa shape index (κ3) is 1.32. The topological polar surface area (TPSA) is 24.7 Å². The number of azo groups is 1. The normalized spacial score (nSPS) is 37.8.